The zero-order chi connectivity index (χ0) is 12.3. The molecule has 0 spiro atoms. The number of sulfone groups is 1. The third kappa shape index (κ3) is 3.51. The van der Waals surface area contributed by atoms with Gasteiger partial charge in [0.05, 0.1) is 5.25 Å². The van der Waals surface area contributed by atoms with Gasteiger partial charge in [0.1, 0.15) is 9.84 Å². The van der Waals surface area contributed by atoms with E-state index in [9.17, 15) is 8.42 Å². The molecule has 1 aromatic rings. The standard InChI is InChI=1S/C12H18N2O2S/c1-17(15,16)12-4-8-14(9-5-12)10-11-2-6-13-7-3-11/h2-3,6-7,12H,4-5,8-10H2,1H3. The third-order valence-corrected chi connectivity index (χ3v) is 4.98. The lowest BCUT2D eigenvalue weighted by molar-refractivity contribution is 0.222. The SMILES string of the molecule is CS(=O)(=O)C1CCN(Cc2ccncc2)CC1. The lowest BCUT2D eigenvalue weighted by Gasteiger charge is -2.30. The molecule has 0 unspecified atom stereocenters. The van der Waals surface area contributed by atoms with Gasteiger partial charge in [-0.05, 0) is 43.6 Å². The van der Waals surface area contributed by atoms with Gasteiger partial charge in [0.2, 0.25) is 0 Å². The quantitative estimate of drug-likeness (QED) is 0.810. The van der Waals surface area contributed by atoms with Gasteiger partial charge in [-0.2, -0.15) is 0 Å². The number of hydrogen-bond donors (Lipinski definition) is 0. The highest BCUT2D eigenvalue weighted by Crippen LogP contribution is 2.18. The first-order chi connectivity index (χ1) is 8.05. The molecule has 0 aliphatic carbocycles. The number of hydrogen-bond acceptors (Lipinski definition) is 4. The molecule has 0 amide bonds. The highest BCUT2D eigenvalue weighted by Gasteiger charge is 2.26. The molecule has 0 atom stereocenters. The monoisotopic (exact) mass is 254 g/mol. The average Bonchev–Trinajstić information content (AvgIpc) is 2.30. The van der Waals surface area contributed by atoms with E-state index in [1.165, 1.54) is 11.8 Å². The molecular formula is C12H18N2O2S. The number of likely N-dealkylation sites (tertiary alicyclic amines) is 1. The van der Waals surface area contributed by atoms with Crippen molar-refractivity contribution in [1.82, 2.24) is 9.88 Å². The Bertz CT molecular complexity index is 451. The first kappa shape index (κ1) is 12.5. The van der Waals surface area contributed by atoms with Gasteiger partial charge < -0.3 is 0 Å². The van der Waals surface area contributed by atoms with Gasteiger partial charge in [0, 0.05) is 25.2 Å². The minimum Gasteiger partial charge on any atom is -0.299 e. The van der Waals surface area contributed by atoms with E-state index >= 15 is 0 Å². The van der Waals surface area contributed by atoms with Crippen molar-refractivity contribution in [3.05, 3.63) is 30.1 Å². The first-order valence-corrected chi connectivity index (χ1v) is 7.81. The second kappa shape index (κ2) is 5.14. The molecule has 94 valence electrons. The van der Waals surface area contributed by atoms with Crippen molar-refractivity contribution in [1.29, 1.82) is 0 Å². The number of pyridine rings is 1. The van der Waals surface area contributed by atoms with E-state index in [4.69, 9.17) is 0 Å². The number of aromatic nitrogens is 1. The summed E-state index contributed by atoms with van der Waals surface area (Å²) in [4.78, 5) is 6.29. The maximum Gasteiger partial charge on any atom is 0.150 e. The molecule has 1 aliphatic rings. The molecule has 0 radical (unpaired) electrons. The highest BCUT2D eigenvalue weighted by molar-refractivity contribution is 7.91. The fourth-order valence-electron chi connectivity index (χ4n) is 2.24. The van der Waals surface area contributed by atoms with Crippen LogP contribution in [0.15, 0.2) is 24.5 Å². The molecule has 2 heterocycles. The van der Waals surface area contributed by atoms with E-state index in [1.807, 2.05) is 12.1 Å². The Hall–Kier alpha value is -0.940. The average molecular weight is 254 g/mol. The fraction of sp³-hybridized carbons (Fsp3) is 0.583. The maximum absolute atomic E-state index is 11.4. The van der Waals surface area contributed by atoms with Crippen molar-refractivity contribution in [2.75, 3.05) is 19.3 Å². The minimum absolute atomic E-state index is 0.142. The van der Waals surface area contributed by atoms with Crippen LogP contribution in [-0.2, 0) is 16.4 Å². The minimum atomic E-state index is -2.86. The zero-order valence-electron chi connectivity index (χ0n) is 10.0. The second-order valence-electron chi connectivity index (χ2n) is 4.66. The molecule has 5 heteroatoms. The molecular weight excluding hydrogens is 236 g/mol. The predicted octanol–water partition coefficient (Wildman–Crippen LogP) is 1.09. The van der Waals surface area contributed by atoms with Crippen molar-refractivity contribution in [2.45, 2.75) is 24.6 Å². The zero-order valence-corrected chi connectivity index (χ0v) is 10.9. The van der Waals surface area contributed by atoms with Crippen LogP contribution in [0.4, 0.5) is 0 Å². The van der Waals surface area contributed by atoms with Crippen LogP contribution < -0.4 is 0 Å². The number of piperidine rings is 1. The largest absolute Gasteiger partial charge is 0.299 e. The molecule has 4 nitrogen and oxygen atoms in total. The molecule has 0 N–H and O–H groups in total. The molecule has 1 fully saturated rings. The molecule has 0 aromatic carbocycles. The van der Waals surface area contributed by atoms with Crippen molar-refractivity contribution in [3.8, 4) is 0 Å². The highest BCUT2D eigenvalue weighted by atomic mass is 32.2. The number of nitrogens with zero attached hydrogens (tertiary/aromatic N) is 2. The summed E-state index contributed by atoms with van der Waals surface area (Å²) in [7, 11) is -2.86. The summed E-state index contributed by atoms with van der Waals surface area (Å²) in [5, 5.41) is -0.142. The van der Waals surface area contributed by atoms with E-state index in [-0.39, 0.29) is 5.25 Å². The van der Waals surface area contributed by atoms with Gasteiger partial charge in [0.25, 0.3) is 0 Å². The smallest absolute Gasteiger partial charge is 0.150 e. The Balaban J connectivity index is 1.88. The van der Waals surface area contributed by atoms with E-state index < -0.39 is 9.84 Å². The Morgan fingerprint density at radius 1 is 1.29 bits per heavy atom. The van der Waals surface area contributed by atoms with E-state index in [0.717, 1.165) is 32.5 Å². The summed E-state index contributed by atoms with van der Waals surface area (Å²) < 4.78 is 22.8. The molecule has 1 aromatic heterocycles. The summed E-state index contributed by atoms with van der Waals surface area (Å²) >= 11 is 0. The molecule has 1 aliphatic heterocycles. The van der Waals surface area contributed by atoms with Crippen LogP contribution >= 0.6 is 0 Å². The van der Waals surface area contributed by atoms with Gasteiger partial charge in [0.15, 0.2) is 0 Å². The summed E-state index contributed by atoms with van der Waals surface area (Å²) in [6.07, 6.45) is 6.43. The maximum atomic E-state index is 11.4. The van der Waals surface area contributed by atoms with Gasteiger partial charge in [-0.25, -0.2) is 8.42 Å². The Morgan fingerprint density at radius 2 is 1.88 bits per heavy atom. The molecule has 17 heavy (non-hydrogen) atoms. The van der Waals surface area contributed by atoms with Gasteiger partial charge in [-0.1, -0.05) is 0 Å². The second-order valence-corrected chi connectivity index (χ2v) is 6.99. The lowest BCUT2D eigenvalue weighted by Crippen LogP contribution is -2.38. The molecule has 1 saturated heterocycles. The summed E-state index contributed by atoms with van der Waals surface area (Å²) in [6, 6.07) is 4.01. The summed E-state index contributed by atoms with van der Waals surface area (Å²) in [6.45, 7) is 2.61. The number of rotatable bonds is 3. The summed E-state index contributed by atoms with van der Waals surface area (Å²) in [5.74, 6) is 0. The van der Waals surface area contributed by atoms with E-state index in [2.05, 4.69) is 9.88 Å². The summed E-state index contributed by atoms with van der Waals surface area (Å²) in [5.41, 5.74) is 1.23. The Labute approximate surface area is 103 Å². The molecule has 0 saturated carbocycles. The van der Waals surface area contributed by atoms with Crippen LogP contribution in [0.5, 0.6) is 0 Å². The van der Waals surface area contributed by atoms with Crippen molar-refractivity contribution in [2.24, 2.45) is 0 Å². The van der Waals surface area contributed by atoms with Crippen molar-refractivity contribution >= 4 is 9.84 Å². The van der Waals surface area contributed by atoms with Crippen molar-refractivity contribution < 1.29 is 8.42 Å². The fourth-order valence-corrected chi connectivity index (χ4v) is 3.31. The van der Waals surface area contributed by atoms with Gasteiger partial charge >= 0.3 is 0 Å². The Kier molecular flexibility index (Phi) is 3.79. The van der Waals surface area contributed by atoms with Crippen LogP contribution in [-0.4, -0.2) is 42.9 Å². The van der Waals surface area contributed by atoms with Crippen LogP contribution in [0.25, 0.3) is 0 Å². The van der Waals surface area contributed by atoms with Gasteiger partial charge in [-0.15, -0.1) is 0 Å². The first-order valence-electron chi connectivity index (χ1n) is 5.86. The van der Waals surface area contributed by atoms with Crippen LogP contribution in [0.1, 0.15) is 18.4 Å². The molecule has 0 bridgehead atoms. The third-order valence-electron chi connectivity index (χ3n) is 3.30. The van der Waals surface area contributed by atoms with Crippen LogP contribution in [0.2, 0.25) is 0 Å². The topological polar surface area (TPSA) is 50.3 Å². The van der Waals surface area contributed by atoms with Crippen LogP contribution in [0.3, 0.4) is 0 Å². The normalized spacial score (nSPS) is 19.4. The van der Waals surface area contributed by atoms with Gasteiger partial charge in [-0.3, -0.25) is 9.88 Å². The van der Waals surface area contributed by atoms with E-state index in [1.54, 1.807) is 12.4 Å². The Morgan fingerprint density at radius 3 is 2.41 bits per heavy atom. The van der Waals surface area contributed by atoms with E-state index in [0.29, 0.717) is 0 Å². The van der Waals surface area contributed by atoms with Crippen LogP contribution in [0, 0.1) is 0 Å². The lowest BCUT2D eigenvalue weighted by atomic mass is 10.1. The molecule has 2 rings (SSSR count). The van der Waals surface area contributed by atoms with Crippen molar-refractivity contribution in [3.63, 3.8) is 0 Å². The predicted molar refractivity (Wildman–Crippen MR) is 67.4 cm³/mol.